The minimum atomic E-state index is -3.51. The van der Waals surface area contributed by atoms with Crippen LogP contribution in [0.25, 0.3) is 0 Å². The molecule has 0 aliphatic heterocycles. The van der Waals surface area contributed by atoms with Crippen LogP contribution in [0.2, 0.25) is 0 Å². The van der Waals surface area contributed by atoms with Crippen molar-refractivity contribution in [3.8, 4) is 0 Å². The highest BCUT2D eigenvalue weighted by Gasteiger charge is 2.20. The minimum absolute atomic E-state index is 0.163. The molecule has 0 saturated heterocycles. The first-order valence-electron chi connectivity index (χ1n) is 5.54. The first kappa shape index (κ1) is 14.7. The zero-order chi connectivity index (χ0) is 13.9. The second-order valence-corrected chi connectivity index (χ2v) is 7.66. The molecule has 2 rings (SSSR count). The van der Waals surface area contributed by atoms with Gasteiger partial charge in [0, 0.05) is 17.1 Å². The molecule has 0 saturated carbocycles. The number of benzene rings is 1. The Labute approximate surface area is 124 Å². The number of nitrogens with two attached hydrogens (primary N) is 1. The smallest absolute Gasteiger partial charge is 0.251 e. The Balaban J connectivity index is 2.05. The SMILES string of the molecule is NC(CNS(=O)(=O)c1sccc1Br)c1ccccc1. The summed E-state index contributed by atoms with van der Waals surface area (Å²) < 4.78 is 27.5. The molecule has 0 aliphatic carbocycles. The maximum absolute atomic E-state index is 12.1. The van der Waals surface area contributed by atoms with E-state index in [1.807, 2.05) is 30.3 Å². The van der Waals surface area contributed by atoms with Crippen molar-refractivity contribution in [2.75, 3.05) is 6.54 Å². The molecule has 1 heterocycles. The normalized spacial score (nSPS) is 13.4. The Hall–Kier alpha value is -0.730. The van der Waals surface area contributed by atoms with Crippen molar-refractivity contribution < 1.29 is 8.42 Å². The lowest BCUT2D eigenvalue weighted by molar-refractivity contribution is 0.574. The Bertz CT molecular complexity index is 641. The van der Waals surface area contributed by atoms with Gasteiger partial charge in [-0.25, -0.2) is 13.1 Å². The van der Waals surface area contributed by atoms with E-state index >= 15 is 0 Å². The molecule has 3 N–H and O–H groups in total. The quantitative estimate of drug-likeness (QED) is 0.860. The molecule has 1 aromatic heterocycles. The zero-order valence-electron chi connectivity index (χ0n) is 9.91. The van der Waals surface area contributed by atoms with Crippen LogP contribution >= 0.6 is 27.3 Å². The summed E-state index contributed by atoms with van der Waals surface area (Å²) in [5.74, 6) is 0. The molecule has 0 amide bonds. The third-order valence-corrected chi connectivity index (χ3v) is 6.64. The highest BCUT2D eigenvalue weighted by atomic mass is 79.9. The van der Waals surface area contributed by atoms with Crippen LogP contribution in [0.15, 0.2) is 50.5 Å². The van der Waals surface area contributed by atoms with Gasteiger partial charge in [-0.2, -0.15) is 0 Å². The maximum atomic E-state index is 12.1. The number of sulfonamides is 1. The van der Waals surface area contributed by atoms with E-state index in [4.69, 9.17) is 5.73 Å². The van der Waals surface area contributed by atoms with Crippen molar-refractivity contribution in [3.63, 3.8) is 0 Å². The molecule has 1 unspecified atom stereocenters. The predicted molar refractivity (Wildman–Crippen MR) is 80.6 cm³/mol. The molecule has 7 heteroatoms. The summed E-state index contributed by atoms with van der Waals surface area (Å²) in [5.41, 5.74) is 6.86. The molecular formula is C12H13BrN2O2S2. The Morgan fingerprint density at radius 1 is 1.26 bits per heavy atom. The van der Waals surface area contributed by atoms with Gasteiger partial charge < -0.3 is 5.73 Å². The Morgan fingerprint density at radius 2 is 1.95 bits per heavy atom. The molecule has 1 aromatic carbocycles. The van der Waals surface area contributed by atoms with E-state index in [9.17, 15) is 8.42 Å². The van der Waals surface area contributed by atoms with Crippen LogP contribution < -0.4 is 10.5 Å². The maximum Gasteiger partial charge on any atom is 0.251 e. The van der Waals surface area contributed by atoms with Crippen molar-refractivity contribution in [2.24, 2.45) is 5.73 Å². The number of rotatable bonds is 5. The summed E-state index contributed by atoms with van der Waals surface area (Å²) in [7, 11) is -3.51. The van der Waals surface area contributed by atoms with E-state index in [2.05, 4.69) is 20.7 Å². The van der Waals surface area contributed by atoms with Crippen molar-refractivity contribution in [3.05, 3.63) is 51.8 Å². The summed E-state index contributed by atoms with van der Waals surface area (Å²) >= 11 is 4.38. The van der Waals surface area contributed by atoms with Crippen LogP contribution in [0.3, 0.4) is 0 Å². The first-order valence-corrected chi connectivity index (χ1v) is 8.69. The van der Waals surface area contributed by atoms with Crippen LogP contribution in [0.1, 0.15) is 11.6 Å². The van der Waals surface area contributed by atoms with Gasteiger partial charge in [0.2, 0.25) is 0 Å². The van der Waals surface area contributed by atoms with E-state index in [0.29, 0.717) is 4.47 Å². The monoisotopic (exact) mass is 360 g/mol. The van der Waals surface area contributed by atoms with Gasteiger partial charge in [0.1, 0.15) is 4.21 Å². The van der Waals surface area contributed by atoms with Gasteiger partial charge in [0.05, 0.1) is 0 Å². The Morgan fingerprint density at radius 3 is 2.53 bits per heavy atom. The van der Waals surface area contributed by atoms with Gasteiger partial charge in [0.15, 0.2) is 0 Å². The number of nitrogens with one attached hydrogen (secondary N) is 1. The van der Waals surface area contributed by atoms with Crippen LogP contribution in [-0.4, -0.2) is 15.0 Å². The van der Waals surface area contributed by atoms with Crippen molar-refractivity contribution in [2.45, 2.75) is 10.3 Å². The van der Waals surface area contributed by atoms with Crippen molar-refractivity contribution in [1.82, 2.24) is 4.72 Å². The molecule has 0 bridgehead atoms. The summed E-state index contributed by atoms with van der Waals surface area (Å²) in [6.07, 6.45) is 0. The molecule has 19 heavy (non-hydrogen) atoms. The molecular weight excluding hydrogens is 348 g/mol. The lowest BCUT2D eigenvalue weighted by atomic mass is 10.1. The standard InChI is InChI=1S/C12H13BrN2O2S2/c13-10-6-7-18-12(10)19(16,17)15-8-11(14)9-4-2-1-3-5-9/h1-7,11,15H,8,14H2. The predicted octanol–water partition coefficient (Wildman–Crippen LogP) is 2.49. The van der Waals surface area contributed by atoms with Crippen molar-refractivity contribution >= 4 is 37.3 Å². The molecule has 0 radical (unpaired) electrons. The van der Waals surface area contributed by atoms with Gasteiger partial charge in [-0.15, -0.1) is 11.3 Å². The fourth-order valence-corrected chi connectivity index (χ4v) is 4.99. The number of halogens is 1. The van der Waals surface area contributed by atoms with Crippen molar-refractivity contribution in [1.29, 1.82) is 0 Å². The minimum Gasteiger partial charge on any atom is -0.323 e. The lowest BCUT2D eigenvalue weighted by Crippen LogP contribution is -2.31. The molecule has 2 aromatic rings. The third-order valence-electron chi connectivity index (χ3n) is 2.55. The fraction of sp³-hybridized carbons (Fsp3) is 0.167. The second kappa shape index (κ2) is 6.15. The highest BCUT2D eigenvalue weighted by molar-refractivity contribution is 9.10. The van der Waals surface area contributed by atoms with Crippen LogP contribution in [0.4, 0.5) is 0 Å². The fourth-order valence-electron chi connectivity index (χ4n) is 1.55. The third kappa shape index (κ3) is 3.64. The Kier molecular flexibility index (Phi) is 4.75. The van der Waals surface area contributed by atoms with Gasteiger partial charge in [-0.05, 0) is 32.9 Å². The topological polar surface area (TPSA) is 72.2 Å². The molecule has 0 aliphatic rings. The van der Waals surface area contributed by atoms with E-state index in [1.54, 1.807) is 11.4 Å². The zero-order valence-corrected chi connectivity index (χ0v) is 13.1. The lowest BCUT2D eigenvalue weighted by Gasteiger charge is -2.13. The molecule has 1 atom stereocenters. The number of hydrogen-bond acceptors (Lipinski definition) is 4. The average molecular weight is 361 g/mol. The van der Waals surface area contributed by atoms with E-state index in [0.717, 1.165) is 5.56 Å². The number of thiophene rings is 1. The second-order valence-electron chi connectivity index (χ2n) is 3.93. The summed E-state index contributed by atoms with van der Waals surface area (Å²) in [6, 6.07) is 10.7. The van der Waals surface area contributed by atoms with Gasteiger partial charge in [-0.1, -0.05) is 30.3 Å². The van der Waals surface area contributed by atoms with E-state index < -0.39 is 10.0 Å². The van der Waals surface area contributed by atoms with Gasteiger partial charge in [0.25, 0.3) is 10.0 Å². The van der Waals surface area contributed by atoms with E-state index in [-0.39, 0.29) is 16.8 Å². The van der Waals surface area contributed by atoms with Crippen LogP contribution in [-0.2, 0) is 10.0 Å². The summed E-state index contributed by atoms with van der Waals surface area (Å²) in [6.45, 7) is 0.163. The van der Waals surface area contributed by atoms with E-state index in [1.165, 1.54) is 11.3 Å². The molecule has 102 valence electrons. The van der Waals surface area contributed by atoms with Gasteiger partial charge in [-0.3, -0.25) is 0 Å². The largest absolute Gasteiger partial charge is 0.323 e. The average Bonchev–Trinajstić information content (AvgIpc) is 2.84. The van der Waals surface area contributed by atoms with Crippen LogP contribution in [0.5, 0.6) is 0 Å². The first-order chi connectivity index (χ1) is 9.00. The summed E-state index contributed by atoms with van der Waals surface area (Å²) in [4.78, 5) is 0. The number of hydrogen-bond donors (Lipinski definition) is 2. The summed E-state index contributed by atoms with van der Waals surface area (Å²) in [5, 5.41) is 1.72. The van der Waals surface area contributed by atoms with Crippen LogP contribution in [0, 0.1) is 0 Å². The highest BCUT2D eigenvalue weighted by Crippen LogP contribution is 2.27. The molecule has 0 spiro atoms. The molecule has 0 fully saturated rings. The van der Waals surface area contributed by atoms with Gasteiger partial charge >= 0.3 is 0 Å². The molecule has 4 nitrogen and oxygen atoms in total.